The van der Waals surface area contributed by atoms with Crippen molar-refractivity contribution in [2.45, 2.75) is 13.5 Å². The van der Waals surface area contributed by atoms with Crippen molar-refractivity contribution >= 4 is 15.9 Å². The molecule has 0 spiro atoms. The molecule has 0 aliphatic carbocycles. The van der Waals surface area contributed by atoms with E-state index in [9.17, 15) is 0 Å². The van der Waals surface area contributed by atoms with Crippen molar-refractivity contribution in [1.29, 1.82) is 0 Å². The van der Waals surface area contributed by atoms with Gasteiger partial charge in [-0.1, -0.05) is 11.3 Å². The average molecular weight is 281 g/mol. The second-order valence-electron chi connectivity index (χ2n) is 3.64. The summed E-state index contributed by atoms with van der Waals surface area (Å²) in [6.45, 7) is 2.78. The van der Waals surface area contributed by atoms with Gasteiger partial charge in [-0.15, -0.1) is 5.10 Å². The molecule has 0 saturated carbocycles. The first-order chi connectivity index (χ1) is 7.70. The molecule has 0 atom stereocenters. The molecule has 1 aromatic carbocycles. The van der Waals surface area contributed by atoms with Gasteiger partial charge in [0.05, 0.1) is 17.6 Å². The molecule has 5 heteroatoms. The fraction of sp³-hybridized carbons (Fsp3) is 0.273. The van der Waals surface area contributed by atoms with Gasteiger partial charge >= 0.3 is 0 Å². The second kappa shape index (κ2) is 4.76. The minimum atomic E-state index is 0.726. The van der Waals surface area contributed by atoms with Crippen molar-refractivity contribution in [3.8, 4) is 5.69 Å². The lowest BCUT2D eigenvalue weighted by atomic mass is 10.2. The number of aromatic nitrogens is 3. The van der Waals surface area contributed by atoms with Crippen LogP contribution in [0, 0.1) is 6.92 Å². The van der Waals surface area contributed by atoms with Crippen LogP contribution in [0.4, 0.5) is 0 Å². The molecule has 84 valence electrons. The summed E-state index contributed by atoms with van der Waals surface area (Å²) in [4.78, 5) is 0. The van der Waals surface area contributed by atoms with E-state index >= 15 is 0 Å². The molecule has 0 amide bonds. The third-order valence-electron chi connectivity index (χ3n) is 2.25. The minimum absolute atomic E-state index is 0.726. The van der Waals surface area contributed by atoms with Crippen LogP contribution in [0.15, 0.2) is 28.9 Å². The first-order valence-corrected chi connectivity index (χ1v) is 5.82. The van der Waals surface area contributed by atoms with Crippen LogP contribution < -0.4 is 5.32 Å². The summed E-state index contributed by atoms with van der Waals surface area (Å²) in [6, 6.07) is 6.14. The Bertz CT molecular complexity index is 492. The molecule has 1 heterocycles. The van der Waals surface area contributed by atoms with E-state index in [0.29, 0.717) is 0 Å². The molecule has 2 aromatic rings. The van der Waals surface area contributed by atoms with Crippen molar-refractivity contribution < 1.29 is 0 Å². The van der Waals surface area contributed by atoms with Crippen molar-refractivity contribution in [3.05, 3.63) is 40.1 Å². The molecule has 0 saturated heterocycles. The molecule has 0 unspecified atom stereocenters. The summed E-state index contributed by atoms with van der Waals surface area (Å²) < 4.78 is 2.79. The van der Waals surface area contributed by atoms with Gasteiger partial charge in [0.15, 0.2) is 0 Å². The zero-order chi connectivity index (χ0) is 11.5. The van der Waals surface area contributed by atoms with Crippen LogP contribution in [-0.2, 0) is 6.54 Å². The molecule has 0 aliphatic heterocycles. The number of halogens is 1. The summed E-state index contributed by atoms with van der Waals surface area (Å²) >= 11 is 3.51. The minimum Gasteiger partial charge on any atom is -0.314 e. The molecular formula is C11H13BrN4. The molecule has 0 fully saturated rings. The van der Waals surface area contributed by atoms with E-state index in [1.54, 1.807) is 4.68 Å². The Morgan fingerprint density at radius 2 is 2.25 bits per heavy atom. The Balaban J connectivity index is 2.38. The number of benzene rings is 1. The van der Waals surface area contributed by atoms with Crippen molar-refractivity contribution in [2.24, 2.45) is 0 Å². The SMILES string of the molecule is CNCc1cn(-c2cc(C)ccc2Br)nn1. The Kier molecular flexibility index (Phi) is 3.36. The first kappa shape index (κ1) is 11.3. The maximum absolute atomic E-state index is 4.10. The van der Waals surface area contributed by atoms with Gasteiger partial charge in [0.25, 0.3) is 0 Å². The smallest absolute Gasteiger partial charge is 0.0969 e. The molecule has 4 nitrogen and oxygen atoms in total. The average Bonchev–Trinajstić information content (AvgIpc) is 2.71. The van der Waals surface area contributed by atoms with Crippen LogP contribution in [-0.4, -0.2) is 22.0 Å². The van der Waals surface area contributed by atoms with Crippen LogP contribution in [0.1, 0.15) is 11.3 Å². The molecular weight excluding hydrogens is 268 g/mol. The van der Waals surface area contributed by atoms with Crippen molar-refractivity contribution in [3.63, 3.8) is 0 Å². The van der Waals surface area contributed by atoms with Crippen LogP contribution in [0.3, 0.4) is 0 Å². The van der Waals surface area contributed by atoms with Gasteiger partial charge in [0.2, 0.25) is 0 Å². The maximum atomic E-state index is 4.10. The fourth-order valence-corrected chi connectivity index (χ4v) is 1.90. The molecule has 0 radical (unpaired) electrons. The Morgan fingerprint density at radius 1 is 1.44 bits per heavy atom. The molecule has 1 N–H and O–H groups in total. The monoisotopic (exact) mass is 280 g/mol. The number of nitrogens with one attached hydrogen (secondary N) is 1. The molecule has 0 aliphatic rings. The number of rotatable bonds is 3. The Labute approximate surface area is 103 Å². The van der Waals surface area contributed by atoms with E-state index < -0.39 is 0 Å². The Morgan fingerprint density at radius 3 is 3.00 bits per heavy atom. The highest BCUT2D eigenvalue weighted by atomic mass is 79.9. The maximum Gasteiger partial charge on any atom is 0.0969 e. The largest absolute Gasteiger partial charge is 0.314 e. The lowest BCUT2D eigenvalue weighted by Gasteiger charge is -2.04. The molecule has 1 aromatic heterocycles. The molecule has 0 bridgehead atoms. The number of aryl methyl sites for hydroxylation is 1. The van der Waals surface area contributed by atoms with Crippen LogP contribution >= 0.6 is 15.9 Å². The van der Waals surface area contributed by atoms with Gasteiger partial charge in [-0.25, -0.2) is 4.68 Å². The first-order valence-electron chi connectivity index (χ1n) is 5.03. The highest BCUT2D eigenvalue weighted by Gasteiger charge is 2.05. The highest BCUT2D eigenvalue weighted by molar-refractivity contribution is 9.10. The molecule has 2 rings (SSSR count). The van der Waals surface area contributed by atoms with Gasteiger partial charge in [-0.2, -0.15) is 0 Å². The van der Waals surface area contributed by atoms with E-state index in [2.05, 4.69) is 50.6 Å². The summed E-state index contributed by atoms with van der Waals surface area (Å²) in [5.41, 5.74) is 3.13. The fourth-order valence-electron chi connectivity index (χ4n) is 1.48. The molecule has 16 heavy (non-hydrogen) atoms. The standard InChI is InChI=1S/C11H13BrN4/c1-8-3-4-10(12)11(5-8)16-7-9(6-13-2)14-15-16/h3-5,7,13H,6H2,1-2H3. The van der Waals surface area contributed by atoms with E-state index in [-0.39, 0.29) is 0 Å². The predicted octanol–water partition coefficient (Wildman–Crippen LogP) is 2.06. The van der Waals surface area contributed by atoms with Crippen LogP contribution in [0.2, 0.25) is 0 Å². The lowest BCUT2D eigenvalue weighted by molar-refractivity contribution is 0.766. The normalized spacial score (nSPS) is 10.7. The van der Waals surface area contributed by atoms with Gasteiger partial charge in [-0.05, 0) is 47.6 Å². The zero-order valence-corrected chi connectivity index (χ0v) is 10.8. The van der Waals surface area contributed by atoms with E-state index in [1.807, 2.05) is 19.3 Å². The van der Waals surface area contributed by atoms with Gasteiger partial charge in [0.1, 0.15) is 0 Å². The van der Waals surface area contributed by atoms with E-state index in [4.69, 9.17) is 0 Å². The van der Waals surface area contributed by atoms with Gasteiger partial charge < -0.3 is 5.32 Å². The van der Waals surface area contributed by atoms with Crippen molar-refractivity contribution in [2.75, 3.05) is 7.05 Å². The predicted molar refractivity (Wildman–Crippen MR) is 66.6 cm³/mol. The number of nitrogens with zero attached hydrogens (tertiary/aromatic N) is 3. The van der Waals surface area contributed by atoms with Crippen molar-refractivity contribution in [1.82, 2.24) is 20.3 Å². The number of hydrogen-bond donors (Lipinski definition) is 1. The lowest BCUT2D eigenvalue weighted by Crippen LogP contribution is -2.05. The van der Waals surface area contributed by atoms with Crippen LogP contribution in [0.25, 0.3) is 5.69 Å². The summed E-state index contributed by atoms with van der Waals surface area (Å²) in [7, 11) is 1.89. The highest BCUT2D eigenvalue weighted by Crippen LogP contribution is 2.21. The third kappa shape index (κ3) is 2.31. The Hall–Kier alpha value is -1.20. The summed E-state index contributed by atoms with van der Waals surface area (Å²) in [5, 5.41) is 11.2. The third-order valence-corrected chi connectivity index (χ3v) is 2.92. The van der Waals surface area contributed by atoms with Gasteiger partial charge in [0, 0.05) is 11.0 Å². The summed E-state index contributed by atoms with van der Waals surface area (Å²) in [6.07, 6.45) is 1.93. The van der Waals surface area contributed by atoms with Gasteiger partial charge in [-0.3, -0.25) is 0 Å². The summed E-state index contributed by atoms with van der Waals surface area (Å²) in [5.74, 6) is 0. The number of hydrogen-bond acceptors (Lipinski definition) is 3. The quantitative estimate of drug-likeness (QED) is 0.936. The topological polar surface area (TPSA) is 42.7 Å². The second-order valence-corrected chi connectivity index (χ2v) is 4.49. The zero-order valence-electron chi connectivity index (χ0n) is 9.24. The van der Waals surface area contributed by atoms with Crippen LogP contribution in [0.5, 0.6) is 0 Å². The van der Waals surface area contributed by atoms with E-state index in [1.165, 1.54) is 5.56 Å². The van der Waals surface area contributed by atoms with E-state index in [0.717, 1.165) is 22.4 Å².